The summed E-state index contributed by atoms with van der Waals surface area (Å²) < 4.78 is 0. The molecule has 0 fully saturated rings. The maximum absolute atomic E-state index is 11.2. The summed E-state index contributed by atoms with van der Waals surface area (Å²) in [7, 11) is 0. The highest BCUT2D eigenvalue weighted by atomic mass is 16.1. The van der Waals surface area contributed by atoms with Gasteiger partial charge in [0.1, 0.15) is 0 Å². The zero-order valence-electron chi connectivity index (χ0n) is 8.34. The number of H-pyrrole nitrogens is 1. The molecule has 1 aromatic heterocycles. The summed E-state index contributed by atoms with van der Waals surface area (Å²) in [5.41, 5.74) is 7.94. The predicted octanol–water partition coefficient (Wildman–Crippen LogP) is 0.335. The van der Waals surface area contributed by atoms with Gasteiger partial charge in [-0.2, -0.15) is 0 Å². The van der Waals surface area contributed by atoms with Gasteiger partial charge < -0.3 is 10.7 Å². The average Bonchev–Trinajstić information content (AvgIpc) is 2.19. The Hall–Kier alpha value is -1.29. The van der Waals surface area contributed by atoms with Gasteiger partial charge in [-0.05, 0) is 18.2 Å². The van der Waals surface area contributed by atoms with Gasteiger partial charge in [0, 0.05) is 25.2 Å². The third-order valence-corrected chi connectivity index (χ3v) is 2.76. The van der Waals surface area contributed by atoms with E-state index in [1.165, 1.54) is 0 Å². The van der Waals surface area contributed by atoms with Crippen LogP contribution in [-0.4, -0.2) is 23.0 Å². The Balaban J connectivity index is 2.38. The van der Waals surface area contributed by atoms with Crippen LogP contribution in [0.5, 0.6) is 0 Å². The van der Waals surface area contributed by atoms with Crippen LogP contribution in [0.25, 0.3) is 0 Å². The monoisotopic (exact) mass is 193 g/mol. The quantitative estimate of drug-likeness (QED) is 0.676. The zero-order valence-corrected chi connectivity index (χ0v) is 8.34. The first-order chi connectivity index (χ1) is 6.70. The SMILES string of the molecule is CCN1CCc2[nH]c(=O)c(N)cc2C1. The van der Waals surface area contributed by atoms with Crippen LogP contribution in [0, 0.1) is 0 Å². The van der Waals surface area contributed by atoms with Crippen molar-refractivity contribution >= 4 is 5.69 Å². The number of anilines is 1. The first-order valence-corrected chi connectivity index (χ1v) is 4.93. The van der Waals surface area contributed by atoms with Gasteiger partial charge in [0.05, 0.1) is 5.69 Å². The molecular formula is C10H15N3O. The highest BCUT2D eigenvalue weighted by Crippen LogP contribution is 2.16. The van der Waals surface area contributed by atoms with E-state index in [1.807, 2.05) is 0 Å². The molecule has 0 saturated heterocycles. The summed E-state index contributed by atoms with van der Waals surface area (Å²) >= 11 is 0. The molecule has 76 valence electrons. The van der Waals surface area contributed by atoms with Crippen molar-refractivity contribution in [2.24, 2.45) is 0 Å². The van der Waals surface area contributed by atoms with Gasteiger partial charge in [0.15, 0.2) is 0 Å². The third kappa shape index (κ3) is 1.53. The first kappa shape index (κ1) is 9.27. The molecular weight excluding hydrogens is 178 g/mol. The number of nitrogens with zero attached hydrogens (tertiary/aromatic N) is 1. The smallest absolute Gasteiger partial charge is 0.271 e. The van der Waals surface area contributed by atoms with Crippen LogP contribution in [0.3, 0.4) is 0 Å². The summed E-state index contributed by atoms with van der Waals surface area (Å²) in [6, 6.07) is 1.80. The predicted molar refractivity (Wildman–Crippen MR) is 56.1 cm³/mol. The molecule has 0 radical (unpaired) electrons. The summed E-state index contributed by atoms with van der Waals surface area (Å²) in [5.74, 6) is 0. The molecule has 0 bridgehead atoms. The molecule has 0 aromatic carbocycles. The van der Waals surface area contributed by atoms with E-state index in [2.05, 4.69) is 16.8 Å². The molecule has 3 N–H and O–H groups in total. The number of fused-ring (bicyclic) bond motifs is 1. The van der Waals surface area contributed by atoms with Crippen molar-refractivity contribution in [1.82, 2.24) is 9.88 Å². The van der Waals surface area contributed by atoms with Crippen molar-refractivity contribution in [3.05, 3.63) is 27.7 Å². The van der Waals surface area contributed by atoms with Crippen LogP contribution in [0.4, 0.5) is 5.69 Å². The van der Waals surface area contributed by atoms with Crippen LogP contribution >= 0.6 is 0 Å². The lowest BCUT2D eigenvalue weighted by Gasteiger charge is -2.27. The number of aromatic nitrogens is 1. The number of aromatic amines is 1. The molecule has 1 aliphatic heterocycles. The third-order valence-electron chi connectivity index (χ3n) is 2.76. The second kappa shape index (κ2) is 3.46. The van der Waals surface area contributed by atoms with Crippen LogP contribution in [0.15, 0.2) is 10.9 Å². The summed E-state index contributed by atoms with van der Waals surface area (Å²) in [6.07, 6.45) is 0.915. The van der Waals surface area contributed by atoms with Crippen molar-refractivity contribution in [3.63, 3.8) is 0 Å². The van der Waals surface area contributed by atoms with Crippen LogP contribution in [0.1, 0.15) is 18.2 Å². The molecule has 1 aromatic rings. The molecule has 4 nitrogen and oxygen atoms in total. The standard InChI is InChI=1S/C10H15N3O/c1-2-13-4-3-9-7(6-13)5-8(11)10(14)12-9/h5H,2-4,6,11H2,1H3,(H,12,14). The minimum Gasteiger partial charge on any atom is -0.394 e. The van der Waals surface area contributed by atoms with E-state index in [0.717, 1.165) is 37.3 Å². The Morgan fingerprint density at radius 1 is 1.64 bits per heavy atom. The van der Waals surface area contributed by atoms with Gasteiger partial charge in [0.2, 0.25) is 0 Å². The lowest BCUT2D eigenvalue weighted by Crippen LogP contribution is -2.32. The maximum Gasteiger partial charge on any atom is 0.271 e. The molecule has 0 unspecified atom stereocenters. The molecule has 0 spiro atoms. The van der Waals surface area contributed by atoms with E-state index in [1.54, 1.807) is 6.07 Å². The number of hydrogen-bond donors (Lipinski definition) is 2. The number of nitrogens with two attached hydrogens (primary N) is 1. The van der Waals surface area contributed by atoms with Crippen LogP contribution in [0.2, 0.25) is 0 Å². The molecule has 2 heterocycles. The molecule has 0 amide bonds. The lowest BCUT2D eigenvalue weighted by atomic mass is 10.1. The second-order valence-corrected chi connectivity index (χ2v) is 3.68. The maximum atomic E-state index is 11.2. The fourth-order valence-corrected chi connectivity index (χ4v) is 1.85. The van der Waals surface area contributed by atoms with Gasteiger partial charge in [-0.1, -0.05) is 6.92 Å². The number of pyridine rings is 1. The molecule has 2 rings (SSSR count). The molecule has 0 atom stereocenters. The lowest BCUT2D eigenvalue weighted by molar-refractivity contribution is 0.265. The van der Waals surface area contributed by atoms with Crippen molar-refractivity contribution in [2.45, 2.75) is 19.9 Å². The fraction of sp³-hybridized carbons (Fsp3) is 0.500. The zero-order chi connectivity index (χ0) is 10.1. The Bertz CT molecular complexity index is 397. The molecule has 0 aliphatic carbocycles. The van der Waals surface area contributed by atoms with Gasteiger partial charge in [0.25, 0.3) is 5.56 Å². The molecule has 14 heavy (non-hydrogen) atoms. The second-order valence-electron chi connectivity index (χ2n) is 3.68. The highest BCUT2D eigenvalue weighted by molar-refractivity contribution is 5.40. The summed E-state index contributed by atoms with van der Waals surface area (Å²) in [4.78, 5) is 16.4. The van der Waals surface area contributed by atoms with Gasteiger partial charge in [-0.15, -0.1) is 0 Å². The van der Waals surface area contributed by atoms with Crippen molar-refractivity contribution in [1.29, 1.82) is 0 Å². The van der Waals surface area contributed by atoms with E-state index in [0.29, 0.717) is 5.69 Å². The number of hydrogen-bond acceptors (Lipinski definition) is 3. The van der Waals surface area contributed by atoms with Gasteiger partial charge >= 0.3 is 0 Å². The highest BCUT2D eigenvalue weighted by Gasteiger charge is 2.16. The molecule has 1 aliphatic rings. The molecule has 4 heteroatoms. The normalized spacial score (nSPS) is 16.6. The minimum atomic E-state index is -0.159. The number of nitrogens with one attached hydrogen (secondary N) is 1. The van der Waals surface area contributed by atoms with E-state index in [9.17, 15) is 4.79 Å². The Labute approximate surface area is 82.7 Å². The number of rotatable bonds is 1. The number of likely N-dealkylation sites (N-methyl/N-ethyl adjacent to an activating group) is 1. The average molecular weight is 193 g/mol. The van der Waals surface area contributed by atoms with E-state index >= 15 is 0 Å². The Kier molecular flexibility index (Phi) is 2.29. The van der Waals surface area contributed by atoms with E-state index in [-0.39, 0.29) is 5.56 Å². The van der Waals surface area contributed by atoms with Crippen molar-refractivity contribution in [2.75, 3.05) is 18.8 Å². The van der Waals surface area contributed by atoms with Crippen LogP contribution in [-0.2, 0) is 13.0 Å². The van der Waals surface area contributed by atoms with Gasteiger partial charge in [-0.25, -0.2) is 0 Å². The van der Waals surface area contributed by atoms with Crippen molar-refractivity contribution < 1.29 is 0 Å². The molecule has 0 saturated carbocycles. The topological polar surface area (TPSA) is 62.1 Å². The van der Waals surface area contributed by atoms with Gasteiger partial charge in [-0.3, -0.25) is 9.69 Å². The minimum absolute atomic E-state index is 0.159. The number of nitrogen functional groups attached to an aromatic ring is 1. The Morgan fingerprint density at radius 2 is 2.43 bits per heavy atom. The van der Waals surface area contributed by atoms with E-state index < -0.39 is 0 Å². The largest absolute Gasteiger partial charge is 0.394 e. The summed E-state index contributed by atoms with van der Waals surface area (Å²) in [6.45, 7) is 5.09. The fourth-order valence-electron chi connectivity index (χ4n) is 1.85. The first-order valence-electron chi connectivity index (χ1n) is 4.93. The van der Waals surface area contributed by atoms with Crippen LogP contribution < -0.4 is 11.3 Å². The Morgan fingerprint density at radius 3 is 3.14 bits per heavy atom. The van der Waals surface area contributed by atoms with E-state index in [4.69, 9.17) is 5.73 Å². The summed E-state index contributed by atoms with van der Waals surface area (Å²) in [5, 5.41) is 0. The van der Waals surface area contributed by atoms with Crippen molar-refractivity contribution in [3.8, 4) is 0 Å².